The third-order valence-corrected chi connectivity index (χ3v) is 2.64. The number of carbonyl (C=O) groups excluding carboxylic acids is 2. The number of aryl methyl sites for hydroxylation is 1. The molecule has 1 aromatic rings. The first kappa shape index (κ1) is 11.9. The van der Waals surface area contributed by atoms with Crippen molar-refractivity contribution < 1.29 is 23.1 Å². The summed E-state index contributed by atoms with van der Waals surface area (Å²) in [6.07, 6.45) is -4.85. The molecule has 1 aliphatic heterocycles. The number of benzene rings is 1. The van der Waals surface area contributed by atoms with Crippen LogP contribution in [-0.2, 0) is 16.1 Å². The van der Waals surface area contributed by atoms with Gasteiger partial charge >= 0.3 is 0 Å². The molecule has 0 bridgehead atoms. The molecule has 0 aromatic heterocycles. The molecule has 0 spiro atoms. The molecule has 0 amide bonds. The fourth-order valence-corrected chi connectivity index (χ4v) is 1.80. The van der Waals surface area contributed by atoms with Crippen molar-refractivity contribution in [3.8, 4) is 0 Å². The first-order valence-electron chi connectivity index (χ1n) is 5.08. The van der Waals surface area contributed by atoms with Crippen LogP contribution in [0.4, 0.5) is 8.78 Å². The van der Waals surface area contributed by atoms with Crippen molar-refractivity contribution in [2.45, 2.75) is 26.1 Å². The van der Waals surface area contributed by atoms with E-state index in [1.54, 1.807) is 18.2 Å². The molecular weight excluding hydrogens is 230 g/mol. The minimum absolute atomic E-state index is 0.00583. The number of ether oxygens (including phenoxy) is 1. The van der Waals surface area contributed by atoms with Crippen molar-refractivity contribution in [3.63, 3.8) is 0 Å². The molecule has 0 saturated carbocycles. The van der Waals surface area contributed by atoms with Crippen LogP contribution in [0.25, 0.3) is 0 Å². The fraction of sp³-hybridized carbons (Fsp3) is 0.333. The largest absolute Gasteiger partial charge is 0.357 e. The quantitative estimate of drug-likeness (QED) is 0.741. The zero-order chi connectivity index (χ0) is 12.6. The van der Waals surface area contributed by atoms with Gasteiger partial charge < -0.3 is 4.74 Å². The monoisotopic (exact) mass is 240 g/mol. The van der Waals surface area contributed by atoms with E-state index in [-0.39, 0.29) is 6.61 Å². The summed E-state index contributed by atoms with van der Waals surface area (Å²) in [5.41, 5.74) is 1.87. The van der Waals surface area contributed by atoms with Crippen LogP contribution < -0.4 is 0 Å². The second kappa shape index (κ2) is 4.33. The number of fused-ring (bicyclic) bond motifs is 1. The maximum Gasteiger partial charge on any atom is 0.299 e. The Morgan fingerprint density at radius 2 is 2.18 bits per heavy atom. The molecule has 1 aliphatic rings. The molecule has 1 unspecified atom stereocenters. The second-order valence-corrected chi connectivity index (χ2v) is 3.92. The summed E-state index contributed by atoms with van der Waals surface area (Å²) in [5, 5.41) is 0. The lowest BCUT2D eigenvalue weighted by Crippen LogP contribution is -2.40. The van der Waals surface area contributed by atoms with E-state index < -0.39 is 24.1 Å². The molecule has 1 heterocycles. The number of halogens is 2. The van der Waals surface area contributed by atoms with Gasteiger partial charge in [-0.3, -0.25) is 9.59 Å². The number of ketones is 2. The second-order valence-electron chi connectivity index (χ2n) is 3.92. The van der Waals surface area contributed by atoms with Crippen LogP contribution in [-0.4, -0.2) is 24.1 Å². The highest BCUT2D eigenvalue weighted by Gasteiger charge is 2.37. The van der Waals surface area contributed by atoms with Crippen LogP contribution in [0, 0.1) is 6.92 Å². The smallest absolute Gasteiger partial charge is 0.299 e. The Labute approximate surface area is 96.4 Å². The van der Waals surface area contributed by atoms with Gasteiger partial charge in [-0.1, -0.05) is 23.8 Å². The lowest BCUT2D eigenvalue weighted by atomic mass is 9.94. The molecule has 5 heteroatoms. The summed E-state index contributed by atoms with van der Waals surface area (Å²) in [5.74, 6) is -2.15. The first-order valence-corrected chi connectivity index (χ1v) is 5.08. The van der Waals surface area contributed by atoms with Gasteiger partial charge in [-0.25, -0.2) is 8.78 Å². The third kappa shape index (κ3) is 2.10. The van der Waals surface area contributed by atoms with E-state index in [0.29, 0.717) is 11.1 Å². The molecule has 1 atom stereocenters. The van der Waals surface area contributed by atoms with E-state index >= 15 is 0 Å². The SMILES string of the molecule is Cc1ccc2c(c1)COC(C(=O)C(F)F)C2=O. The molecule has 2 rings (SSSR count). The molecule has 1 aromatic carbocycles. The summed E-state index contributed by atoms with van der Waals surface area (Å²) in [4.78, 5) is 22.9. The Bertz CT molecular complexity index is 483. The Morgan fingerprint density at radius 1 is 1.47 bits per heavy atom. The lowest BCUT2D eigenvalue weighted by Gasteiger charge is -2.23. The summed E-state index contributed by atoms with van der Waals surface area (Å²) in [6.45, 7) is 1.85. The van der Waals surface area contributed by atoms with Crippen molar-refractivity contribution in [1.29, 1.82) is 0 Å². The predicted molar refractivity (Wildman–Crippen MR) is 55.1 cm³/mol. The summed E-state index contributed by atoms with van der Waals surface area (Å²) in [6, 6.07) is 4.99. The number of carbonyl (C=O) groups is 2. The van der Waals surface area contributed by atoms with Gasteiger partial charge in [0.15, 0.2) is 11.9 Å². The molecule has 90 valence electrons. The molecule has 0 aliphatic carbocycles. The highest BCUT2D eigenvalue weighted by atomic mass is 19.3. The Morgan fingerprint density at radius 3 is 2.82 bits per heavy atom. The Hall–Kier alpha value is -1.62. The van der Waals surface area contributed by atoms with E-state index in [1.807, 2.05) is 6.92 Å². The van der Waals surface area contributed by atoms with Gasteiger partial charge in [0.05, 0.1) is 6.61 Å². The molecule has 0 radical (unpaired) electrons. The van der Waals surface area contributed by atoms with E-state index in [4.69, 9.17) is 4.74 Å². The van der Waals surface area contributed by atoms with Crippen molar-refractivity contribution in [2.24, 2.45) is 0 Å². The van der Waals surface area contributed by atoms with Crippen LogP contribution in [0.1, 0.15) is 21.5 Å². The van der Waals surface area contributed by atoms with Crippen LogP contribution in [0.5, 0.6) is 0 Å². The average molecular weight is 240 g/mol. The maximum atomic E-state index is 12.2. The number of Topliss-reactive ketones (excluding diaryl/α,β-unsaturated/α-hetero) is 2. The van der Waals surface area contributed by atoms with E-state index in [1.165, 1.54) is 0 Å². The molecule has 3 nitrogen and oxygen atoms in total. The minimum Gasteiger partial charge on any atom is -0.357 e. The Balaban J connectivity index is 2.34. The predicted octanol–water partition coefficient (Wildman–Crippen LogP) is 1.91. The zero-order valence-corrected chi connectivity index (χ0v) is 9.07. The van der Waals surface area contributed by atoms with Crippen LogP contribution in [0.3, 0.4) is 0 Å². The van der Waals surface area contributed by atoms with Crippen molar-refractivity contribution in [2.75, 3.05) is 0 Å². The van der Waals surface area contributed by atoms with Crippen LogP contribution in [0.15, 0.2) is 18.2 Å². The van der Waals surface area contributed by atoms with Gasteiger partial charge in [0, 0.05) is 5.56 Å². The number of rotatable bonds is 2. The van der Waals surface area contributed by atoms with Crippen molar-refractivity contribution >= 4 is 11.6 Å². The van der Waals surface area contributed by atoms with Crippen LogP contribution in [0.2, 0.25) is 0 Å². The topological polar surface area (TPSA) is 43.4 Å². The molecule has 0 saturated heterocycles. The summed E-state index contributed by atoms with van der Waals surface area (Å²) in [7, 11) is 0. The lowest BCUT2D eigenvalue weighted by molar-refractivity contribution is -0.139. The number of hydrogen-bond acceptors (Lipinski definition) is 3. The fourth-order valence-electron chi connectivity index (χ4n) is 1.80. The zero-order valence-electron chi connectivity index (χ0n) is 9.07. The average Bonchev–Trinajstić information content (AvgIpc) is 2.28. The summed E-state index contributed by atoms with van der Waals surface area (Å²) < 4.78 is 29.4. The molecule has 0 fully saturated rings. The normalized spacial score (nSPS) is 19.3. The van der Waals surface area contributed by atoms with Gasteiger partial charge in [-0.05, 0) is 12.5 Å². The van der Waals surface area contributed by atoms with E-state index in [9.17, 15) is 18.4 Å². The first-order chi connectivity index (χ1) is 8.00. The molecule has 0 N–H and O–H groups in total. The van der Waals surface area contributed by atoms with Crippen LogP contribution >= 0.6 is 0 Å². The number of alkyl halides is 2. The molecule has 17 heavy (non-hydrogen) atoms. The minimum atomic E-state index is -3.18. The van der Waals surface area contributed by atoms with Gasteiger partial charge in [-0.15, -0.1) is 0 Å². The van der Waals surface area contributed by atoms with E-state index in [0.717, 1.165) is 5.56 Å². The van der Waals surface area contributed by atoms with Gasteiger partial charge in [0.25, 0.3) is 6.43 Å². The molecular formula is C12H10F2O3. The highest BCUT2D eigenvalue weighted by molar-refractivity contribution is 6.15. The van der Waals surface area contributed by atoms with Gasteiger partial charge in [0.2, 0.25) is 5.78 Å². The van der Waals surface area contributed by atoms with Crippen molar-refractivity contribution in [1.82, 2.24) is 0 Å². The van der Waals surface area contributed by atoms with Gasteiger partial charge in [-0.2, -0.15) is 0 Å². The van der Waals surface area contributed by atoms with Gasteiger partial charge in [0.1, 0.15) is 0 Å². The third-order valence-electron chi connectivity index (χ3n) is 2.64. The van der Waals surface area contributed by atoms with Crippen molar-refractivity contribution in [3.05, 3.63) is 34.9 Å². The Kier molecular flexibility index (Phi) is 3.02. The standard InChI is InChI=1S/C12H10F2O3/c1-6-2-3-8-7(4-6)5-17-11(9(8)15)10(16)12(13)14/h2-4,11-12H,5H2,1H3. The maximum absolute atomic E-state index is 12.2. The summed E-state index contributed by atoms with van der Waals surface area (Å²) >= 11 is 0. The number of hydrogen-bond donors (Lipinski definition) is 0. The highest BCUT2D eigenvalue weighted by Crippen LogP contribution is 2.23. The van der Waals surface area contributed by atoms with E-state index in [2.05, 4.69) is 0 Å².